The zero-order valence-corrected chi connectivity index (χ0v) is 13.1. The van der Waals surface area contributed by atoms with Gasteiger partial charge in [0.25, 0.3) is 5.91 Å². The van der Waals surface area contributed by atoms with E-state index < -0.39 is 11.7 Å². The first-order valence-corrected chi connectivity index (χ1v) is 7.00. The number of aromatic nitrogens is 2. The first kappa shape index (κ1) is 16.2. The van der Waals surface area contributed by atoms with Crippen molar-refractivity contribution in [3.05, 3.63) is 42.9 Å². The lowest BCUT2D eigenvalue weighted by Gasteiger charge is -2.08. The second-order valence-corrected chi connectivity index (χ2v) is 4.91. The van der Waals surface area contributed by atoms with Crippen LogP contribution in [0.1, 0.15) is 0 Å². The Morgan fingerprint density at radius 3 is 2.84 bits per heavy atom. The summed E-state index contributed by atoms with van der Waals surface area (Å²) in [5.74, 6) is -0.740. The Bertz CT molecular complexity index is 953. The number of rotatable bonds is 5. The fraction of sp³-hybridized carbons (Fsp3) is 0.0625. The molecule has 2 aromatic heterocycles. The number of fused-ring (bicyclic) bond motifs is 1. The highest BCUT2D eigenvalue weighted by molar-refractivity contribution is 6.01. The third kappa shape index (κ3) is 3.34. The Morgan fingerprint density at radius 1 is 1.40 bits per heavy atom. The summed E-state index contributed by atoms with van der Waals surface area (Å²) in [6, 6.07) is 6.21. The average Bonchev–Trinajstić information content (AvgIpc) is 2.97. The van der Waals surface area contributed by atoms with E-state index in [2.05, 4.69) is 22.0 Å². The summed E-state index contributed by atoms with van der Waals surface area (Å²) >= 11 is 0. The highest BCUT2D eigenvalue weighted by atomic mass is 19.1. The fourth-order valence-corrected chi connectivity index (χ4v) is 2.09. The predicted molar refractivity (Wildman–Crippen MR) is 88.2 cm³/mol. The van der Waals surface area contributed by atoms with Crippen LogP contribution in [0.25, 0.3) is 11.0 Å². The van der Waals surface area contributed by atoms with Crippen molar-refractivity contribution in [1.29, 1.82) is 0 Å². The Kier molecular flexibility index (Phi) is 4.21. The molecule has 0 aliphatic heterocycles. The van der Waals surface area contributed by atoms with E-state index >= 15 is 0 Å². The molecule has 0 spiro atoms. The quantitative estimate of drug-likeness (QED) is 0.684. The molecular formula is C16H13FN4O4. The van der Waals surface area contributed by atoms with Gasteiger partial charge in [0, 0.05) is 18.2 Å². The highest BCUT2D eigenvalue weighted by Gasteiger charge is 2.14. The number of amides is 1. The number of nitrogens with one attached hydrogen (secondary N) is 1. The van der Waals surface area contributed by atoms with E-state index in [-0.39, 0.29) is 11.7 Å². The van der Waals surface area contributed by atoms with E-state index in [1.54, 1.807) is 12.1 Å². The number of carbonyl (C=O) groups is 1. The molecule has 0 aliphatic carbocycles. The van der Waals surface area contributed by atoms with Crippen molar-refractivity contribution in [2.45, 2.75) is 0 Å². The standard InChI is InChI=1S/C16H13FN4O4/c1-8(17)16(22)20-9-3-4-13(19-7-9)24-10-5-11(23-2)14-12(6-10)25-21-15(14)18/h3-7H,1H2,2H3,(H2,18,21)(H,20,22). The number of anilines is 2. The maximum absolute atomic E-state index is 12.7. The van der Waals surface area contributed by atoms with Crippen LogP contribution in [0.3, 0.4) is 0 Å². The minimum absolute atomic E-state index is 0.214. The van der Waals surface area contributed by atoms with E-state index in [4.69, 9.17) is 19.7 Å². The van der Waals surface area contributed by atoms with Crippen molar-refractivity contribution in [3.8, 4) is 17.4 Å². The summed E-state index contributed by atoms with van der Waals surface area (Å²) in [6.45, 7) is 2.91. The van der Waals surface area contributed by atoms with Crippen LogP contribution in [0.15, 0.2) is 47.4 Å². The van der Waals surface area contributed by atoms with Crippen LogP contribution in [0.4, 0.5) is 15.9 Å². The first-order valence-electron chi connectivity index (χ1n) is 7.00. The van der Waals surface area contributed by atoms with Crippen molar-refractivity contribution < 1.29 is 23.2 Å². The molecule has 2 heterocycles. The van der Waals surface area contributed by atoms with Gasteiger partial charge in [-0.05, 0) is 6.07 Å². The number of ether oxygens (including phenoxy) is 2. The molecule has 0 unspecified atom stereocenters. The Balaban J connectivity index is 1.81. The van der Waals surface area contributed by atoms with Gasteiger partial charge in [0.1, 0.15) is 16.9 Å². The minimum Gasteiger partial charge on any atom is -0.496 e. The van der Waals surface area contributed by atoms with Crippen LogP contribution in [0.5, 0.6) is 17.4 Å². The normalized spacial score (nSPS) is 10.5. The van der Waals surface area contributed by atoms with E-state index in [9.17, 15) is 9.18 Å². The molecule has 0 radical (unpaired) electrons. The largest absolute Gasteiger partial charge is 0.496 e. The number of carbonyl (C=O) groups excluding carboxylic acids is 1. The smallest absolute Gasteiger partial charge is 0.283 e. The molecular weight excluding hydrogens is 331 g/mol. The van der Waals surface area contributed by atoms with E-state index in [0.717, 1.165) is 0 Å². The number of methoxy groups -OCH3 is 1. The number of nitrogens with zero attached hydrogens (tertiary/aromatic N) is 2. The van der Waals surface area contributed by atoms with Gasteiger partial charge in [-0.15, -0.1) is 0 Å². The number of pyridine rings is 1. The maximum atomic E-state index is 12.7. The van der Waals surface area contributed by atoms with Crippen molar-refractivity contribution in [2.24, 2.45) is 0 Å². The molecule has 0 saturated carbocycles. The van der Waals surface area contributed by atoms with Crippen molar-refractivity contribution in [2.75, 3.05) is 18.2 Å². The van der Waals surface area contributed by atoms with Gasteiger partial charge < -0.3 is 25.0 Å². The molecule has 0 saturated heterocycles. The fourth-order valence-electron chi connectivity index (χ4n) is 2.09. The Labute approximate surface area is 141 Å². The van der Waals surface area contributed by atoms with Crippen LogP contribution in [-0.2, 0) is 4.79 Å². The number of nitrogens with two attached hydrogens (primary N) is 1. The zero-order valence-electron chi connectivity index (χ0n) is 13.1. The van der Waals surface area contributed by atoms with Crippen molar-refractivity contribution in [1.82, 2.24) is 10.1 Å². The zero-order chi connectivity index (χ0) is 18.0. The van der Waals surface area contributed by atoms with Gasteiger partial charge in [-0.1, -0.05) is 11.7 Å². The topological polar surface area (TPSA) is 112 Å². The van der Waals surface area contributed by atoms with Gasteiger partial charge in [-0.2, -0.15) is 0 Å². The lowest BCUT2D eigenvalue weighted by Crippen LogP contribution is -2.11. The summed E-state index contributed by atoms with van der Waals surface area (Å²) in [6.07, 6.45) is 1.32. The second-order valence-electron chi connectivity index (χ2n) is 4.91. The SMILES string of the molecule is C=C(F)C(=O)Nc1ccc(Oc2cc(OC)c3c(N)noc3c2)nc1. The molecule has 1 aromatic carbocycles. The molecule has 128 valence electrons. The Hall–Kier alpha value is -3.62. The van der Waals surface area contributed by atoms with Crippen LogP contribution >= 0.6 is 0 Å². The predicted octanol–water partition coefficient (Wildman–Crippen LogP) is 3.03. The lowest BCUT2D eigenvalue weighted by atomic mass is 10.2. The molecule has 9 heteroatoms. The monoisotopic (exact) mass is 344 g/mol. The van der Waals surface area contributed by atoms with E-state index in [0.29, 0.717) is 28.2 Å². The third-order valence-electron chi connectivity index (χ3n) is 3.22. The third-order valence-corrected chi connectivity index (χ3v) is 3.22. The highest BCUT2D eigenvalue weighted by Crippen LogP contribution is 2.36. The van der Waals surface area contributed by atoms with Crippen LogP contribution in [-0.4, -0.2) is 23.2 Å². The van der Waals surface area contributed by atoms with E-state index in [1.165, 1.54) is 25.4 Å². The molecule has 0 bridgehead atoms. The summed E-state index contributed by atoms with van der Waals surface area (Å²) in [7, 11) is 1.49. The molecule has 8 nitrogen and oxygen atoms in total. The summed E-state index contributed by atoms with van der Waals surface area (Å²) < 4.78 is 28.7. The number of hydrogen-bond donors (Lipinski definition) is 2. The molecule has 3 rings (SSSR count). The molecule has 1 amide bonds. The van der Waals surface area contributed by atoms with Gasteiger partial charge in [0.15, 0.2) is 17.2 Å². The molecule has 0 aliphatic rings. The lowest BCUT2D eigenvalue weighted by molar-refractivity contribution is -0.114. The second kappa shape index (κ2) is 6.48. The molecule has 0 fully saturated rings. The molecule has 0 atom stereocenters. The molecule has 3 aromatic rings. The van der Waals surface area contributed by atoms with Crippen molar-refractivity contribution >= 4 is 28.4 Å². The van der Waals surface area contributed by atoms with Crippen LogP contribution in [0, 0.1) is 0 Å². The summed E-state index contributed by atoms with van der Waals surface area (Å²) in [5, 5.41) is 6.52. The molecule has 25 heavy (non-hydrogen) atoms. The average molecular weight is 344 g/mol. The Morgan fingerprint density at radius 2 is 2.20 bits per heavy atom. The van der Waals surface area contributed by atoms with E-state index in [1.807, 2.05) is 0 Å². The van der Waals surface area contributed by atoms with Crippen LogP contribution in [0.2, 0.25) is 0 Å². The molecule has 3 N–H and O–H groups in total. The first-order chi connectivity index (χ1) is 12.0. The van der Waals surface area contributed by atoms with Gasteiger partial charge in [-0.25, -0.2) is 9.37 Å². The summed E-state index contributed by atoms with van der Waals surface area (Å²) in [5.41, 5.74) is 6.43. The van der Waals surface area contributed by atoms with Crippen LogP contribution < -0.4 is 20.5 Å². The van der Waals surface area contributed by atoms with Gasteiger partial charge in [0.05, 0.1) is 19.0 Å². The maximum Gasteiger partial charge on any atom is 0.283 e. The minimum atomic E-state index is -1.09. The summed E-state index contributed by atoms with van der Waals surface area (Å²) in [4.78, 5) is 15.2. The van der Waals surface area contributed by atoms with Crippen molar-refractivity contribution in [3.63, 3.8) is 0 Å². The number of hydrogen-bond acceptors (Lipinski definition) is 7. The number of halogens is 1. The van der Waals surface area contributed by atoms with Gasteiger partial charge in [-0.3, -0.25) is 4.79 Å². The van der Waals surface area contributed by atoms with Gasteiger partial charge >= 0.3 is 0 Å². The number of benzene rings is 1. The van der Waals surface area contributed by atoms with Gasteiger partial charge in [0.2, 0.25) is 5.88 Å². The number of nitrogen functional groups attached to an aromatic ring is 1.